The van der Waals surface area contributed by atoms with Crippen molar-refractivity contribution in [3.05, 3.63) is 301 Å². The predicted octanol–water partition coefficient (Wildman–Crippen LogP) is 23.3. The van der Waals surface area contributed by atoms with Gasteiger partial charge in [-0.1, -0.05) is 109 Å². The number of aromatic nitrogens is 6. The van der Waals surface area contributed by atoms with Gasteiger partial charge in [-0.25, -0.2) is 29.9 Å². The van der Waals surface area contributed by atoms with E-state index in [4.69, 9.17) is 19.9 Å². The van der Waals surface area contributed by atoms with Crippen molar-refractivity contribution < 1.29 is 0 Å². The third-order valence-electron chi connectivity index (χ3n) is 30.3. The van der Waals surface area contributed by atoms with Crippen LogP contribution >= 0.6 is 0 Å². The smallest absolute Gasteiger partial charge is 0.164 e. The minimum absolute atomic E-state index is 0.205. The van der Waals surface area contributed by atoms with Gasteiger partial charge in [-0.3, -0.25) is 0 Å². The third kappa shape index (κ3) is 17.5. The summed E-state index contributed by atoms with van der Waals surface area (Å²) in [7, 11) is 16.8. The number of hydrogen-bond donors (Lipinski definition) is 0. The van der Waals surface area contributed by atoms with Gasteiger partial charge in [0, 0.05) is 193 Å². The highest BCUT2D eigenvalue weighted by atomic mass is 15.5. The highest BCUT2D eigenvalue weighted by Gasteiger charge is 2.43. The van der Waals surface area contributed by atoms with Crippen LogP contribution in [0.1, 0.15) is 142 Å². The highest BCUT2D eigenvalue weighted by molar-refractivity contribution is 5.93. The second-order valence-corrected chi connectivity index (χ2v) is 39.4. The van der Waals surface area contributed by atoms with Crippen LogP contribution in [-0.4, -0.2) is 189 Å². The zero-order chi connectivity index (χ0) is 99.7. The Morgan fingerprint density at radius 3 is 0.714 bits per heavy atom. The van der Waals surface area contributed by atoms with E-state index in [1.807, 2.05) is 25.1 Å². The zero-order valence-corrected chi connectivity index (χ0v) is 87.8. The van der Waals surface area contributed by atoms with E-state index < -0.39 is 0 Å². The summed E-state index contributed by atoms with van der Waals surface area (Å²) in [6, 6.07) is 65.9. The fourth-order valence-corrected chi connectivity index (χ4v) is 21.2. The molecule has 26 nitrogen and oxygen atoms in total. The van der Waals surface area contributed by atoms with E-state index in [2.05, 4.69) is 548 Å². The predicted molar refractivity (Wildman–Crippen MR) is 585 cm³/mol. The minimum atomic E-state index is 0.205. The molecule has 0 unspecified atom stereocenters. The van der Waals surface area contributed by atoms with Crippen molar-refractivity contribution in [3.63, 3.8) is 0 Å². The molecule has 0 radical (unpaired) electrons. The number of benzene rings is 8. The van der Waals surface area contributed by atoms with Crippen LogP contribution in [0.2, 0.25) is 0 Å². The summed E-state index contributed by atoms with van der Waals surface area (Å²) in [5.41, 5.74) is 25.8. The first kappa shape index (κ1) is 97.1. The molecule has 26 heteroatoms. The molecule has 140 heavy (non-hydrogen) atoms. The Morgan fingerprint density at radius 1 is 0.214 bits per heavy atom. The van der Waals surface area contributed by atoms with Gasteiger partial charge in [0.05, 0.1) is 45.5 Å². The molecular formula is C114H144N26. The van der Waals surface area contributed by atoms with E-state index in [1.54, 1.807) is 0 Å². The van der Waals surface area contributed by atoms with Gasteiger partial charge in [-0.2, -0.15) is 0 Å². The molecule has 10 atom stereocenters. The molecule has 13 heterocycles. The van der Waals surface area contributed by atoms with Gasteiger partial charge in [0.25, 0.3) is 0 Å². The average Bonchev–Trinajstić information content (AvgIpc) is 2.19. The highest BCUT2D eigenvalue weighted by Crippen LogP contribution is 2.54. The number of fused-ring (bicyclic) bond motifs is 4. The van der Waals surface area contributed by atoms with Crippen LogP contribution in [0.15, 0.2) is 256 Å². The first-order valence-electron chi connectivity index (χ1n) is 49.6. The summed E-state index contributed by atoms with van der Waals surface area (Å²) >= 11 is 0. The van der Waals surface area contributed by atoms with Crippen molar-refractivity contribution in [1.82, 2.24) is 59.3 Å². The molecule has 0 N–H and O–H groups in total. The van der Waals surface area contributed by atoms with E-state index in [1.165, 1.54) is 90.5 Å². The number of nitrogens with zero attached hydrogens (tertiary/aromatic N) is 26. The van der Waals surface area contributed by atoms with Gasteiger partial charge in [-0.05, 0) is 247 Å². The Hall–Kier alpha value is -14.6. The molecule has 11 aromatic rings. The van der Waals surface area contributed by atoms with Gasteiger partial charge < -0.3 is 98.0 Å². The van der Waals surface area contributed by atoms with Crippen molar-refractivity contribution in [2.24, 2.45) is 0 Å². The Balaban J connectivity index is 0.000000121. The van der Waals surface area contributed by atoms with E-state index in [0.717, 1.165) is 80.2 Å². The lowest BCUT2D eigenvalue weighted by atomic mass is 10.0. The lowest BCUT2D eigenvalue weighted by molar-refractivity contribution is 0.379. The maximum atomic E-state index is 5.08. The Bertz CT molecular complexity index is 6220. The van der Waals surface area contributed by atoms with Gasteiger partial charge in [0.1, 0.15) is 102 Å². The van der Waals surface area contributed by atoms with E-state index in [9.17, 15) is 0 Å². The average molecular weight is 1880 g/mol. The maximum Gasteiger partial charge on any atom is 0.164 e. The summed E-state index contributed by atoms with van der Waals surface area (Å²) in [6.07, 6.45) is 27.5. The Morgan fingerprint density at radius 2 is 0.443 bits per heavy atom. The van der Waals surface area contributed by atoms with Gasteiger partial charge in [0.2, 0.25) is 0 Å². The number of anilines is 18. The first-order valence-corrected chi connectivity index (χ1v) is 49.6. The number of aryl methyl sites for hydroxylation is 3. The molecular weight excluding hydrogens is 1730 g/mol. The summed E-state index contributed by atoms with van der Waals surface area (Å²) in [5.74, 6) is 8.08. The van der Waals surface area contributed by atoms with Crippen LogP contribution in [0.5, 0.6) is 0 Å². The largest absolute Gasteiger partial charge is 0.359 e. The lowest BCUT2D eigenvalue weighted by Gasteiger charge is -2.36. The van der Waals surface area contributed by atoms with Crippen molar-refractivity contribution in [2.45, 2.75) is 226 Å². The normalized spacial score (nSPS) is 21.2. The van der Waals surface area contributed by atoms with E-state index >= 15 is 0 Å². The number of hydrogen-bond acceptors (Lipinski definition) is 26. The van der Waals surface area contributed by atoms with Crippen molar-refractivity contribution in [3.8, 4) is 22.8 Å². The molecule has 21 rings (SSSR count). The van der Waals surface area contributed by atoms with Crippen molar-refractivity contribution in [2.75, 3.05) is 125 Å². The van der Waals surface area contributed by atoms with E-state index in [0.29, 0.717) is 12.1 Å². The number of para-hydroxylation sites is 8. The molecule has 8 aromatic carbocycles. The molecule has 0 fully saturated rings. The maximum absolute atomic E-state index is 5.08. The second-order valence-electron chi connectivity index (χ2n) is 39.4. The van der Waals surface area contributed by atoms with Gasteiger partial charge in [0.15, 0.2) is 11.6 Å². The van der Waals surface area contributed by atoms with E-state index in [-0.39, 0.29) is 61.7 Å². The molecule has 0 saturated heterocycles. The quantitative estimate of drug-likeness (QED) is 0.102. The summed E-state index contributed by atoms with van der Waals surface area (Å²) < 4.78 is 0. The van der Waals surface area contributed by atoms with Crippen LogP contribution in [0.3, 0.4) is 0 Å². The lowest BCUT2D eigenvalue weighted by Crippen LogP contribution is -2.43. The summed E-state index contributed by atoms with van der Waals surface area (Å²) in [5, 5.41) is 0. The Labute approximate surface area is 832 Å². The molecule has 10 aliphatic heterocycles. The first-order chi connectivity index (χ1) is 67.0. The van der Waals surface area contributed by atoms with Crippen LogP contribution in [0.25, 0.3) is 22.8 Å². The van der Waals surface area contributed by atoms with Crippen LogP contribution in [0.4, 0.5) is 103 Å². The zero-order valence-electron chi connectivity index (χ0n) is 87.8. The monoisotopic (exact) mass is 1880 g/mol. The van der Waals surface area contributed by atoms with Crippen LogP contribution in [0, 0.1) is 55.4 Å². The summed E-state index contributed by atoms with van der Waals surface area (Å²) in [6.45, 7) is 48.4. The molecule has 10 aliphatic rings. The standard InChI is InChI=1S/C29H36N4.C25H28N4.C23H30N6.C21H26N6.C16H24N6/c1-19(2)30-22(6)32(28-15-10-8-13-26(28)30)24-17-12-18-25(21(24)5)33-23(7)31(20(3)4)27-14-9-11-16-29(27)33;1-17-20(28-18(2)26(4)22-11-6-8-13-24(22)28)15-10-16-21(17)29-19(3)27(5)23-12-7-9-14-25(23)29;1-15-9-8-10-16(2)20(15)21-24-22(28-13-11-26(6)18(28)4)17(3)23(25-21)29-14-12-27(7)19(29)5;1-15-20(26-13-11-24(4)16(26)2)22-19(18-9-7-6-8-10-18)23-21(15)27-14-12-25(5)17(27)3;1-11-15(21-9-7-19(5)13(21)3)17-12(2)18-16(11)22-10-8-20(6)14(22)4/h8-20,22-23H,1-7H3;6-16,18-19H,1-5H3;8-14,18-19H,1-7H3;6-14,16-17H,1-5H3;7-10,13-14H,1-6H3/t22-,23+;2*18-,19+;16-,17+;13-,14+. The van der Waals surface area contributed by atoms with Gasteiger partial charge >= 0.3 is 0 Å². The fraction of sp³-hybridized carbons (Fsp3) is 0.368. The molecule has 3 aromatic heterocycles. The molecule has 0 aliphatic carbocycles. The molecule has 0 spiro atoms. The van der Waals surface area contributed by atoms with Crippen molar-refractivity contribution >= 4 is 103 Å². The molecule has 0 amide bonds. The SMILES string of the molecule is Cc1c(N2C=CN(C)[C@H]2C)nc(-c2ccccc2)nc1N1C=CN(C)[C@@H]1C.Cc1c(N2c3ccccc3N(C(C)C)[C@@H]2C)cccc1N1c2ccccc2N(C(C)C)[C@H]1C.Cc1c(N2c3ccccc3N(C)[C@H]2C)cccc1N1c2ccccc2N(C)[C@@H]1C.Cc1cccc(C)c1-c1nc(N2C=CN(C)[C@H]2C)c(C)c(N2C=CN(C)[C@@H]2C)n1.Cc1nc(N2C=CN(C)[C@H]2C)c(C)c(N2C=CN(C)[C@@H]2C)n1. The summed E-state index contributed by atoms with van der Waals surface area (Å²) in [4.78, 5) is 75.5. The molecule has 0 saturated carbocycles. The van der Waals surface area contributed by atoms with Crippen LogP contribution in [-0.2, 0) is 0 Å². The second kappa shape index (κ2) is 39.4. The topological polar surface area (TPSA) is 142 Å². The third-order valence-corrected chi connectivity index (χ3v) is 30.3. The number of rotatable bonds is 14. The van der Waals surface area contributed by atoms with Crippen molar-refractivity contribution in [1.29, 1.82) is 0 Å². The minimum Gasteiger partial charge on any atom is -0.359 e. The molecule has 0 bridgehead atoms. The van der Waals surface area contributed by atoms with Gasteiger partial charge in [-0.15, -0.1) is 0 Å². The Kier molecular flexibility index (Phi) is 27.3. The fourth-order valence-electron chi connectivity index (χ4n) is 21.2. The van der Waals surface area contributed by atoms with Crippen LogP contribution < -0.4 is 68.6 Å². The molecule has 730 valence electrons.